The normalized spacial score (nSPS) is 26.2. The second-order valence-corrected chi connectivity index (χ2v) is 9.97. The van der Waals surface area contributed by atoms with Gasteiger partial charge in [0.1, 0.15) is 0 Å². The Bertz CT molecular complexity index is 1170. The Hall–Kier alpha value is -3.07. The Kier molecular flexibility index (Phi) is 7.98. The lowest BCUT2D eigenvalue weighted by molar-refractivity contribution is -0.276. The maximum absolute atomic E-state index is 12.5. The van der Waals surface area contributed by atoms with Gasteiger partial charge in [-0.05, 0) is 41.8 Å². The number of likely N-dealkylation sites (tertiary alicyclic amines) is 1. The van der Waals surface area contributed by atoms with E-state index in [1.165, 1.54) is 0 Å². The number of aliphatic hydroxyl groups excluding tert-OH is 2. The van der Waals surface area contributed by atoms with Crippen molar-refractivity contribution >= 4 is 11.6 Å². The molecule has 2 heterocycles. The van der Waals surface area contributed by atoms with E-state index in [2.05, 4.69) is 17.1 Å². The molecule has 0 saturated carbocycles. The first-order chi connectivity index (χ1) is 18.0. The van der Waals surface area contributed by atoms with Gasteiger partial charge in [-0.3, -0.25) is 9.69 Å². The van der Waals surface area contributed by atoms with Gasteiger partial charge in [-0.25, -0.2) is 0 Å². The SMILES string of the molecule is C[C@@H]1[C@H](CN2CC[C@H](O)C2)O[C@H](c2ccc(NC(=O)c3ccccc3)cc2)O[C@@H]1c1ccc(CO)cc1. The van der Waals surface area contributed by atoms with E-state index in [0.717, 1.165) is 29.7 Å². The molecular weight excluding hydrogens is 468 g/mol. The number of nitrogens with one attached hydrogen (secondary N) is 1. The van der Waals surface area contributed by atoms with Crippen molar-refractivity contribution in [2.75, 3.05) is 25.0 Å². The summed E-state index contributed by atoms with van der Waals surface area (Å²) in [6, 6.07) is 24.5. The van der Waals surface area contributed by atoms with Crippen LogP contribution < -0.4 is 5.32 Å². The first-order valence-electron chi connectivity index (χ1n) is 12.9. The molecule has 0 unspecified atom stereocenters. The van der Waals surface area contributed by atoms with Gasteiger partial charge in [0.2, 0.25) is 0 Å². The van der Waals surface area contributed by atoms with Gasteiger partial charge in [-0.15, -0.1) is 0 Å². The largest absolute Gasteiger partial charge is 0.392 e. The zero-order valence-corrected chi connectivity index (χ0v) is 21.0. The third-order valence-corrected chi connectivity index (χ3v) is 7.29. The Labute approximate surface area is 217 Å². The highest BCUT2D eigenvalue weighted by molar-refractivity contribution is 6.04. The van der Waals surface area contributed by atoms with Crippen LogP contribution in [-0.2, 0) is 16.1 Å². The fourth-order valence-corrected chi connectivity index (χ4v) is 5.08. The number of nitrogens with zero attached hydrogens (tertiary/aromatic N) is 1. The molecule has 0 aliphatic carbocycles. The highest BCUT2D eigenvalue weighted by atomic mass is 16.7. The van der Waals surface area contributed by atoms with E-state index in [9.17, 15) is 15.0 Å². The molecule has 0 aromatic heterocycles. The number of aliphatic hydroxyl groups is 2. The van der Waals surface area contributed by atoms with E-state index < -0.39 is 6.29 Å². The number of hydrogen-bond donors (Lipinski definition) is 3. The van der Waals surface area contributed by atoms with E-state index in [4.69, 9.17) is 9.47 Å². The van der Waals surface area contributed by atoms with E-state index >= 15 is 0 Å². The first-order valence-corrected chi connectivity index (χ1v) is 12.9. The van der Waals surface area contributed by atoms with Gasteiger partial charge in [0.25, 0.3) is 5.91 Å². The summed E-state index contributed by atoms with van der Waals surface area (Å²) in [4.78, 5) is 14.8. The number of hydrogen-bond acceptors (Lipinski definition) is 6. The molecule has 5 rings (SSSR count). The number of anilines is 1. The molecule has 2 aliphatic rings. The summed E-state index contributed by atoms with van der Waals surface area (Å²) in [7, 11) is 0. The third kappa shape index (κ3) is 6.09. The molecule has 7 nitrogen and oxygen atoms in total. The molecule has 37 heavy (non-hydrogen) atoms. The van der Waals surface area contributed by atoms with Crippen molar-refractivity contribution in [3.8, 4) is 0 Å². The first kappa shape index (κ1) is 25.6. The van der Waals surface area contributed by atoms with Crippen molar-refractivity contribution in [1.82, 2.24) is 4.90 Å². The average molecular weight is 503 g/mol. The van der Waals surface area contributed by atoms with Crippen LogP contribution in [0.3, 0.4) is 0 Å². The van der Waals surface area contributed by atoms with Gasteiger partial charge in [-0.1, -0.05) is 61.5 Å². The number of β-amino-alcohol motifs (C(OH)–C–C–N with tert-alkyl or cyclic N) is 1. The van der Waals surface area contributed by atoms with Gasteiger partial charge in [0.05, 0.1) is 24.9 Å². The Morgan fingerprint density at radius 1 is 0.973 bits per heavy atom. The molecule has 0 bridgehead atoms. The summed E-state index contributed by atoms with van der Waals surface area (Å²) in [5.74, 6) is -0.0787. The van der Waals surface area contributed by atoms with Crippen molar-refractivity contribution in [1.29, 1.82) is 0 Å². The molecule has 2 aliphatic heterocycles. The smallest absolute Gasteiger partial charge is 0.255 e. The second kappa shape index (κ2) is 11.5. The highest BCUT2D eigenvalue weighted by Gasteiger charge is 2.39. The van der Waals surface area contributed by atoms with E-state index in [1.54, 1.807) is 12.1 Å². The number of ether oxygens (including phenoxy) is 2. The van der Waals surface area contributed by atoms with Gasteiger partial charge in [0.15, 0.2) is 6.29 Å². The number of carbonyl (C=O) groups is 1. The minimum absolute atomic E-state index is 0.000163. The van der Waals surface area contributed by atoms with Gasteiger partial charge in [-0.2, -0.15) is 0 Å². The van der Waals surface area contributed by atoms with Crippen LogP contribution in [0.1, 0.15) is 52.8 Å². The highest BCUT2D eigenvalue weighted by Crippen LogP contribution is 2.42. The molecule has 194 valence electrons. The lowest BCUT2D eigenvalue weighted by Gasteiger charge is -2.42. The van der Waals surface area contributed by atoms with Crippen molar-refractivity contribution in [3.63, 3.8) is 0 Å². The predicted octanol–water partition coefficient (Wildman–Crippen LogP) is 4.29. The van der Waals surface area contributed by atoms with Crippen LogP contribution in [-0.4, -0.2) is 52.9 Å². The maximum Gasteiger partial charge on any atom is 0.255 e. The topological polar surface area (TPSA) is 91.3 Å². The van der Waals surface area contributed by atoms with E-state index in [0.29, 0.717) is 24.3 Å². The summed E-state index contributed by atoms with van der Waals surface area (Å²) in [6.45, 7) is 4.36. The summed E-state index contributed by atoms with van der Waals surface area (Å²) in [5.41, 5.74) is 4.06. The number of carbonyl (C=O) groups excluding carboxylic acids is 1. The lowest BCUT2D eigenvalue weighted by Crippen LogP contribution is -2.44. The molecule has 0 spiro atoms. The Balaban J connectivity index is 1.34. The molecule has 3 N–H and O–H groups in total. The van der Waals surface area contributed by atoms with Crippen LogP contribution in [0.2, 0.25) is 0 Å². The summed E-state index contributed by atoms with van der Waals surface area (Å²) < 4.78 is 13.0. The minimum atomic E-state index is -0.574. The second-order valence-electron chi connectivity index (χ2n) is 9.97. The number of rotatable bonds is 7. The monoisotopic (exact) mass is 502 g/mol. The molecule has 0 radical (unpaired) electrons. The van der Waals surface area contributed by atoms with Crippen LogP contribution in [0.4, 0.5) is 5.69 Å². The Morgan fingerprint density at radius 2 is 1.68 bits per heavy atom. The van der Waals surface area contributed by atoms with Gasteiger partial charge >= 0.3 is 0 Å². The molecule has 2 saturated heterocycles. The van der Waals surface area contributed by atoms with Crippen molar-refractivity contribution in [3.05, 3.63) is 101 Å². The van der Waals surface area contributed by atoms with Crippen LogP contribution >= 0.6 is 0 Å². The van der Waals surface area contributed by atoms with Crippen molar-refractivity contribution in [2.45, 2.75) is 44.6 Å². The average Bonchev–Trinajstić information content (AvgIpc) is 3.35. The Morgan fingerprint density at radius 3 is 2.32 bits per heavy atom. The molecule has 5 atom stereocenters. The summed E-state index contributed by atoms with van der Waals surface area (Å²) >= 11 is 0. The molecule has 2 fully saturated rings. The van der Waals surface area contributed by atoms with Crippen LogP contribution in [0, 0.1) is 5.92 Å². The number of benzene rings is 3. The van der Waals surface area contributed by atoms with Crippen LogP contribution in [0.25, 0.3) is 0 Å². The molecule has 1 amide bonds. The molecule has 3 aromatic rings. The van der Waals surface area contributed by atoms with Gasteiger partial charge < -0.3 is 25.0 Å². The predicted molar refractivity (Wildman–Crippen MR) is 141 cm³/mol. The lowest BCUT2D eigenvalue weighted by atomic mass is 9.90. The van der Waals surface area contributed by atoms with Crippen LogP contribution in [0.15, 0.2) is 78.9 Å². The van der Waals surface area contributed by atoms with Gasteiger partial charge in [0, 0.05) is 42.4 Å². The molecule has 3 aromatic carbocycles. The molecular formula is C30H34N2O5. The minimum Gasteiger partial charge on any atom is -0.392 e. The fraction of sp³-hybridized carbons (Fsp3) is 0.367. The van der Waals surface area contributed by atoms with E-state index in [-0.39, 0.29) is 36.7 Å². The number of amides is 1. The quantitative estimate of drug-likeness (QED) is 0.447. The van der Waals surface area contributed by atoms with Crippen molar-refractivity contribution in [2.24, 2.45) is 5.92 Å². The maximum atomic E-state index is 12.5. The standard InChI is InChI=1S/C30H34N2O5/c1-20-27(18-32-16-15-26(34)17-32)36-30(37-28(20)22-9-7-21(19-33)8-10-22)24-11-13-25(14-12-24)31-29(35)23-5-3-2-4-6-23/h2-14,20,26-28,30,33-34H,15-19H2,1H3,(H,31,35)/t20-,26+,27+,28+,30+/m1/s1. The van der Waals surface area contributed by atoms with E-state index in [1.807, 2.05) is 66.7 Å². The third-order valence-electron chi connectivity index (χ3n) is 7.29. The van der Waals surface area contributed by atoms with Crippen LogP contribution in [0.5, 0.6) is 0 Å². The zero-order chi connectivity index (χ0) is 25.8. The zero-order valence-electron chi connectivity index (χ0n) is 21.0. The van der Waals surface area contributed by atoms with Crippen molar-refractivity contribution < 1.29 is 24.5 Å². The molecule has 7 heteroatoms. The fourth-order valence-electron chi connectivity index (χ4n) is 5.08. The summed E-state index contributed by atoms with van der Waals surface area (Å²) in [5, 5.41) is 22.4. The summed E-state index contributed by atoms with van der Waals surface area (Å²) in [6.07, 6.45) is -0.365.